The Morgan fingerprint density at radius 1 is 1.30 bits per heavy atom. The zero-order valence-electron chi connectivity index (χ0n) is 12.1. The molecule has 0 aliphatic rings. The average Bonchev–Trinajstić information content (AvgIpc) is 2.94. The highest BCUT2D eigenvalue weighted by molar-refractivity contribution is 5.73. The van der Waals surface area contributed by atoms with E-state index in [1.54, 1.807) is 13.1 Å². The van der Waals surface area contributed by atoms with E-state index in [4.69, 9.17) is 9.05 Å². The highest BCUT2D eigenvalue weighted by Crippen LogP contribution is 2.11. The monoisotopic (exact) mass is 278 g/mol. The molecule has 20 heavy (non-hydrogen) atoms. The van der Waals surface area contributed by atoms with E-state index in [1.807, 2.05) is 20.8 Å². The van der Waals surface area contributed by atoms with Gasteiger partial charge in [0, 0.05) is 25.2 Å². The number of aromatic nitrogens is 2. The number of urea groups is 1. The van der Waals surface area contributed by atoms with Gasteiger partial charge in [0.25, 0.3) is 0 Å². The lowest BCUT2D eigenvalue weighted by atomic mass is 10.2. The molecule has 0 atom stereocenters. The number of aryl methyl sites for hydroxylation is 3. The first-order valence-electron chi connectivity index (χ1n) is 6.30. The van der Waals surface area contributed by atoms with Crippen molar-refractivity contribution in [3.05, 3.63) is 34.5 Å². The van der Waals surface area contributed by atoms with Gasteiger partial charge in [0.15, 0.2) is 0 Å². The second-order valence-electron chi connectivity index (χ2n) is 4.75. The van der Waals surface area contributed by atoms with Crippen LogP contribution in [0.25, 0.3) is 0 Å². The molecule has 2 rings (SSSR count). The first kappa shape index (κ1) is 14.1. The number of rotatable bonds is 4. The molecule has 0 spiro atoms. The van der Waals surface area contributed by atoms with E-state index in [9.17, 15) is 4.79 Å². The third-order valence-corrected chi connectivity index (χ3v) is 3.02. The normalized spacial score (nSPS) is 10.6. The van der Waals surface area contributed by atoms with Gasteiger partial charge in [-0.15, -0.1) is 0 Å². The number of nitrogens with one attached hydrogen (secondary N) is 1. The molecule has 1 N–H and O–H groups in total. The summed E-state index contributed by atoms with van der Waals surface area (Å²) in [7, 11) is 1.70. The molecule has 2 aromatic heterocycles. The van der Waals surface area contributed by atoms with Crippen LogP contribution in [0, 0.1) is 20.8 Å². The summed E-state index contributed by atoms with van der Waals surface area (Å²) in [5.74, 6) is 1.45. The maximum Gasteiger partial charge on any atom is 0.317 e. The van der Waals surface area contributed by atoms with Crippen LogP contribution in [-0.4, -0.2) is 28.3 Å². The molecular formula is C13H18N4O3. The number of hydrogen-bond acceptors (Lipinski definition) is 5. The minimum atomic E-state index is -0.189. The van der Waals surface area contributed by atoms with E-state index in [0.717, 1.165) is 28.5 Å². The van der Waals surface area contributed by atoms with Gasteiger partial charge in [-0.3, -0.25) is 0 Å². The first-order valence-corrected chi connectivity index (χ1v) is 6.30. The van der Waals surface area contributed by atoms with Crippen molar-refractivity contribution in [3.63, 3.8) is 0 Å². The van der Waals surface area contributed by atoms with Gasteiger partial charge in [0.05, 0.1) is 12.2 Å². The van der Waals surface area contributed by atoms with Crippen LogP contribution in [0.15, 0.2) is 15.1 Å². The molecule has 2 aromatic rings. The number of carbonyl (C=O) groups excluding carboxylic acids is 1. The Morgan fingerprint density at radius 2 is 2.05 bits per heavy atom. The average molecular weight is 278 g/mol. The molecule has 0 fully saturated rings. The van der Waals surface area contributed by atoms with E-state index in [-0.39, 0.29) is 6.03 Å². The largest absolute Gasteiger partial charge is 0.361 e. The van der Waals surface area contributed by atoms with E-state index in [1.165, 1.54) is 4.90 Å². The molecule has 0 saturated carbocycles. The van der Waals surface area contributed by atoms with Crippen LogP contribution in [-0.2, 0) is 13.1 Å². The van der Waals surface area contributed by atoms with Crippen molar-refractivity contribution in [2.24, 2.45) is 0 Å². The number of nitrogens with zero attached hydrogens (tertiary/aromatic N) is 3. The lowest BCUT2D eigenvalue weighted by molar-refractivity contribution is 0.205. The van der Waals surface area contributed by atoms with Crippen molar-refractivity contribution in [1.82, 2.24) is 20.5 Å². The maximum absolute atomic E-state index is 12.0. The van der Waals surface area contributed by atoms with Gasteiger partial charge in [0.1, 0.15) is 17.2 Å². The maximum atomic E-state index is 12.0. The second kappa shape index (κ2) is 5.77. The number of hydrogen-bond donors (Lipinski definition) is 1. The predicted octanol–water partition coefficient (Wildman–Crippen LogP) is 1.93. The van der Waals surface area contributed by atoms with Crippen LogP contribution >= 0.6 is 0 Å². The minimum Gasteiger partial charge on any atom is -0.361 e. The molecule has 0 aliphatic heterocycles. The Labute approximate surface area is 116 Å². The topological polar surface area (TPSA) is 84.4 Å². The summed E-state index contributed by atoms with van der Waals surface area (Å²) in [6.07, 6.45) is 0. The Morgan fingerprint density at radius 3 is 2.60 bits per heavy atom. The van der Waals surface area contributed by atoms with Crippen molar-refractivity contribution in [3.8, 4) is 0 Å². The zero-order chi connectivity index (χ0) is 14.7. The Kier molecular flexibility index (Phi) is 4.07. The Bertz CT molecular complexity index is 583. The van der Waals surface area contributed by atoms with Crippen LogP contribution < -0.4 is 5.32 Å². The van der Waals surface area contributed by atoms with Crippen LogP contribution in [0.3, 0.4) is 0 Å². The van der Waals surface area contributed by atoms with Crippen molar-refractivity contribution < 1.29 is 13.8 Å². The van der Waals surface area contributed by atoms with Gasteiger partial charge in [0.2, 0.25) is 0 Å². The minimum absolute atomic E-state index is 0.189. The van der Waals surface area contributed by atoms with E-state index in [0.29, 0.717) is 13.1 Å². The molecule has 0 aromatic carbocycles. The number of amides is 2. The zero-order valence-corrected chi connectivity index (χ0v) is 12.1. The molecule has 0 unspecified atom stereocenters. The van der Waals surface area contributed by atoms with Crippen molar-refractivity contribution in [2.75, 3.05) is 7.05 Å². The molecule has 0 radical (unpaired) electrons. The smallest absolute Gasteiger partial charge is 0.317 e. The van der Waals surface area contributed by atoms with Crippen LogP contribution in [0.4, 0.5) is 4.79 Å². The SMILES string of the molecule is Cc1cc(CN(C)C(=O)NCc2c(C)noc2C)no1. The van der Waals surface area contributed by atoms with Crippen molar-refractivity contribution in [2.45, 2.75) is 33.9 Å². The highest BCUT2D eigenvalue weighted by Gasteiger charge is 2.14. The standard InChI is InChI=1S/C13H18N4O3/c1-8-5-11(16-19-8)7-17(4)13(18)14-6-12-9(2)15-20-10(12)3/h5H,6-7H2,1-4H3,(H,14,18). The quantitative estimate of drug-likeness (QED) is 0.923. The molecular weight excluding hydrogens is 260 g/mol. The third-order valence-electron chi connectivity index (χ3n) is 3.02. The molecule has 7 nitrogen and oxygen atoms in total. The van der Waals surface area contributed by atoms with Gasteiger partial charge in [-0.1, -0.05) is 10.3 Å². The Hall–Kier alpha value is -2.31. The van der Waals surface area contributed by atoms with E-state index in [2.05, 4.69) is 15.6 Å². The summed E-state index contributed by atoms with van der Waals surface area (Å²) in [5, 5.41) is 10.5. The van der Waals surface area contributed by atoms with Crippen molar-refractivity contribution in [1.29, 1.82) is 0 Å². The summed E-state index contributed by atoms with van der Waals surface area (Å²) in [6, 6.07) is 1.61. The third kappa shape index (κ3) is 3.17. The molecule has 7 heteroatoms. The van der Waals surface area contributed by atoms with Gasteiger partial charge in [-0.2, -0.15) is 0 Å². The lowest BCUT2D eigenvalue weighted by Gasteiger charge is -2.16. The molecule has 108 valence electrons. The molecule has 0 aliphatic carbocycles. The van der Waals surface area contributed by atoms with Crippen molar-refractivity contribution >= 4 is 6.03 Å². The molecule has 0 bridgehead atoms. The van der Waals surface area contributed by atoms with Crippen LogP contribution in [0.2, 0.25) is 0 Å². The lowest BCUT2D eigenvalue weighted by Crippen LogP contribution is -2.36. The van der Waals surface area contributed by atoms with E-state index < -0.39 is 0 Å². The molecule has 0 saturated heterocycles. The van der Waals surface area contributed by atoms with E-state index >= 15 is 0 Å². The molecule has 2 amide bonds. The fourth-order valence-corrected chi connectivity index (χ4v) is 1.86. The predicted molar refractivity (Wildman–Crippen MR) is 70.9 cm³/mol. The van der Waals surface area contributed by atoms with Gasteiger partial charge < -0.3 is 19.3 Å². The molecule has 2 heterocycles. The summed E-state index contributed by atoms with van der Waals surface area (Å²) < 4.78 is 10.0. The highest BCUT2D eigenvalue weighted by atomic mass is 16.5. The summed E-state index contributed by atoms with van der Waals surface area (Å²) in [6.45, 7) is 6.27. The fourth-order valence-electron chi connectivity index (χ4n) is 1.86. The fraction of sp³-hybridized carbons (Fsp3) is 0.462. The van der Waals surface area contributed by atoms with Gasteiger partial charge >= 0.3 is 6.03 Å². The second-order valence-corrected chi connectivity index (χ2v) is 4.75. The summed E-state index contributed by atoms with van der Waals surface area (Å²) in [5.41, 5.74) is 2.42. The van der Waals surface area contributed by atoms with Crippen LogP contribution in [0.5, 0.6) is 0 Å². The first-order chi connectivity index (χ1) is 9.47. The van der Waals surface area contributed by atoms with Crippen LogP contribution in [0.1, 0.15) is 28.5 Å². The summed E-state index contributed by atoms with van der Waals surface area (Å²) >= 11 is 0. The Balaban J connectivity index is 1.88. The summed E-state index contributed by atoms with van der Waals surface area (Å²) in [4.78, 5) is 13.5. The van der Waals surface area contributed by atoms with Gasteiger partial charge in [-0.05, 0) is 20.8 Å². The number of carbonyl (C=O) groups is 1. The van der Waals surface area contributed by atoms with Gasteiger partial charge in [-0.25, -0.2) is 4.79 Å².